The van der Waals surface area contributed by atoms with Crippen LogP contribution in [0.2, 0.25) is 0 Å². The number of rotatable bonds is 6. The number of aliphatic hydroxyl groups is 2. The molecule has 0 spiro atoms. The van der Waals surface area contributed by atoms with Gasteiger partial charge in [0.15, 0.2) is 0 Å². The summed E-state index contributed by atoms with van der Waals surface area (Å²) in [5.41, 5.74) is 4.39. The van der Waals surface area contributed by atoms with Crippen LogP contribution in [-0.4, -0.2) is 51.9 Å². The summed E-state index contributed by atoms with van der Waals surface area (Å²) < 4.78 is 0. The Morgan fingerprint density at radius 2 is 2.11 bits per heavy atom. The van der Waals surface area contributed by atoms with Gasteiger partial charge >= 0.3 is 5.69 Å². The molecular weight excluding hydrogens is 254 g/mol. The summed E-state index contributed by atoms with van der Waals surface area (Å²) in [4.78, 5) is 19.2. The topological polar surface area (TPSA) is 139 Å². The van der Waals surface area contributed by atoms with Crippen molar-refractivity contribution < 1.29 is 15.1 Å². The number of nitrogen functional groups attached to an aromatic ring is 1. The monoisotopic (exact) mass is 271 g/mol. The minimum atomic E-state index is -0.728. The van der Waals surface area contributed by atoms with E-state index in [9.17, 15) is 20.3 Å². The molecule has 1 rings (SSSR count). The molecule has 106 valence electrons. The Labute approximate surface area is 109 Å². The van der Waals surface area contributed by atoms with Gasteiger partial charge in [-0.25, -0.2) is 4.98 Å². The maximum Gasteiger partial charge on any atom is 0.329 e. The molecule has 0 bridgehead atoms. The first-order chi connectivity index (χ1) is 8.83. The molecule has 0 aliphatic rings. The highest BCUT2D eigenvalue weighted by atomic mass is 16.6. The smallest absolute Gasteiger partial charge is 0.329 e. The Hall–Kier alpha value is -2.00. The van der Waals surface area contributed by atoms with Crippen molar-refractivity contribution in [2.24, 2.45) is 5.41 Å². The third kappa shape index (κ3) is 3.48. The Balaban J connectivity index is 2.92. The minimum Gasteiger partial charge on any atom is -0.396 e. The van der Waals surface area contributed by atoms with E-state index in [4.69, 9.17) is 5.73 Å². The fraction of sp³-hybridized carbons (Fsp3) is 0.600. The molecule has 9 nitrogen and oxygen atoms in total. The first kappa shape index (κ1) is 15.1. The number of nitro groups is 1. The van der Waals surface area contributed by atoms with E-state index in [2.05, 4.69) is 9.97 Å². The van der Waals surface area contributed by atoms with E-state index in [0.29, 0.717) is 0 Å². The number of hydrogen-bond acceptors (Lipinski definition) is 8. The average molecular weight is 271 g/mol. The summed E-state index contributed by atoms with van der Waals surface area (Å²) in [6.07, 6.45) is 1.03. The van der Waals surface area contributed by atoms with Gasteiger partial charge in [0.1, 0.15) is 6.20 Å². The Morgan fingerprint density at radius 1 is 1.53 bits per heavy atom. The molecule has 1 aromatic heterocycles. The lowest BCUT2D eigenvalue weighted by Gasteiger charge is -2.30. The van der Waals surface area contributed by atoms with Gasteiger partial charge in [-0.2, -0.15) is 4.98 Å². The lowest BCUT2D eigenvalue weighted by molar-refractivity contribution is -0.384. The third-order valence-corrected chi connectivity index (χ3v) is 2.71. The molecule has 1 heterocycles. The van der Waals surface area contributed by atoms with E-state index < -0.39 is 10.3 Å². The molecule has 0 amide bonds. The van der Waals surface area contributed by atoms with Crippen LogP contribution in [0, 0.1) is 15.5 Å². The summed E-state index contributed by atoms with van der Waals surface area (Å²) in [6.45, 7) is 1.54. The second-order valence-electron chi connectivity index (χ2n) is 4.68. The average Bonchev–Trinajstić information content (AvgIpc) is 2.37. The van der Waals surface area contributed by atoms with Crippen molar-refractivity contribution in [3.8, 4) is 0 Å². The standard InChI is InChI=1S/C10H17N5O4/c1-10(5-16,6-17)4-14(2)9-12-3-7(15(18)19)8(11)13-9/h3,16-17H,4-6H2,1-2H3,(H2,11,12,13). The largest absolute Gasteiger partial charge is 0.396 e. The van der Waals surface area contributed by atoms with Crippen LogP contribution in [0.25, 0.3) is 0 Å². The molecule has 0 aliphatic heterocycles. The molecule has 1 aromatic rings. The molecule has 0 aliphatic carbocycles. The maximum atomic E-state index is 10.6. The molecule has 0 atom stereocenters. The lowest BCUT2D eigenvalue weighted by atomic mass is 9.92. The molecule has 0 saturated carbocycles. The lowest BCUT2D eigenvalue weighted by Crippen LogP contribution is -2.39. The Kier molecular flexibility index (Phi) is 4.57. The minimum absolute atomic E-state index is 0.191. The van der Waals surface area contributed by atoms with Crippen LogP contribution in [0.15, 0.2) is 6.20 Å². The van der Waals surface area contributed by atoms with Crippen molar-refractivity contribution in [2.75, 3.05) is 37.4 Å². The second kappa shape index (κ2) is 5.76. The number of hydrogen-bond donors (Lipinski definition) is 3. The summed E-state index contributed by atoms with van der Waals surface area (Å²) >= 11 is 0. The molecule has 0 unspecified atom stereocenters. The van der Waals surface area contributed by atoms with Crippen LogP contribution >= 0.6 is 0 Å². The van der Waals surface area contributed by atoms with Crippen molar-refractivity contribution in [3.05, 3.63) is 16.3 Å². The van der Waals surface area contributed by atoms with E-state index >= 15 is 0 Å². The number of nitrogens with zero attached hydrogens (tertiary/aromatic N) is 4. The number of nitrogens with two attached hydrogens (primary N) is 1. The van der Waals surface area contributed by atoms with Gasteiger partial charge in [-0.3, -0.25) is 10.1 Å². The Morgan fingerprint density at radius 3 is 2.53 bits per heavy atom. The molecule has 19 heavy (non-hydrogen) atoms. The second-order valence-corrected chi connectivity index (χ2v) is 4.68. The van der Waals surface area contributed by atoms with Crippen LogP contribution in [0.3, 0.4) is 0 Å². The van der Waals surface area contributed by atoms with Gasteiger partial charge in [-0.15, -0.1) is 0 Å². The van der Waals surface area contributed by atoms with Gasteiger partial charge in [0.05, 0.1) is 18.1 Å². The van der Waals surface area contributed by atoms with Crippen LogP contribution in [0.4, 0.5) is 17.5 Å². The first-order valence-electron chi connectivity index (χ1n) is 5.53. The summed E-state index contributed by atoms with van der Waals surface area (Å²) in [5.74, 6) is -0.0345. The molecule has 4 N–H and O–H groups in total. The van der Waals surface area contributed by atoms with Gasteiger partial charge in [0.2, 0.25) is 11.8 Å². The van der Waals surface area contributed by atoms with Crippen molar-refractivity contribution in [1.29, 1.82) is 0 Å². The fourth-order valence-corrected chi connectivity index (χ4v) is 1.50. The first-order valence-corrected chi connectivity index (χ1v) is 5.53. The van der Waals surface area contributed by atoms with Crippen molar-refractivity contribution >= 4 is 17.5 Å². The van der Waals surface area contributed by atoms with E-state index in [1.807, 2.05) is 0 Å². The van der Waals surface area contributed by atoms with Gasteiger partial charge in [-0.1, -0.05) is 6.92 Å². The molecule has 0 fully saturated rings. The quantitative estimate of drug-likeness (QED) is 0.460. The van der Waals surface area contributed by atoms with Crippen molar-refractivity contribution in [2.45, 2.75) is 6.92 Å². The summed E-state index contributed by atoms with van der Waals surface area (Å²) in [5, 5.41) is 29.0. The van der Waals surface area contributed by atoms with E-state index in [1.165, 1.54) is 0 Å². The number of aromatic nitrogens is 2. The van der Waals surface area contributed by atoms with E-state index in [-0.39, 0.29) is 37.2 Å². The molecular formula is C10H17N5O4. The molecule has 9 heteroatoms. The van der Waals surface area contributed by atoms with Gasteiger partial charge in [0, 0.05) is 19.0 Å². The zero-order valence-corrected chi connectivity index (χ0v) is 10.8. The third-order valence-electron chi connectivity index (χ3n) is 2.71. The highest BCUT2D eigenvalue weighted by Gasteiger charge is 2.26. The van der Waals surface area contributed by atoms with Gasteiger partial charge in [0.25, 0.3) is 0 Å². The van der Waals surface area contributed by atoms with Crippen LogP contribution in [-0.2, 0) is 0 Å². The SMILES string of the molecule is CN(CC(C)(CO)CO)c1ncc([N+](=O)[O-])c(N)n1. The van der Waals surface area contributed by atoms with Gasteiger partial charge < -0.3 is 20.8 Å². The van der Waals surface area contributed by atoms with Crippen LogP contribution in [0.5, 0.6) is 0 Å². The molecule has 0 aromatic carbocycles. The normalized spacial score (nSPS) is 11.4. The maximum absolute atomic E-state index is 10.6. The summed E-state index contributed by atoms with van der Waals surface area (Å²) in [6, 6.07) is 0. The van der Waals surface area contributed by atoms with E-state index in [0.717, 1.165) is 6.20 Å². The van der Waals surface area contributed by atoms with Crippen LogP contribution in [0.1, 0.15) is 6.92 Å². The predicted octanol–water partition coefficient (Wildman–Crippen LogP) is -0.606. The van der Waals surface area contributed by atoms with Crippen molar-refractivity contribution in [1.82, 2.24) is 9.97 Å². The Bertz CT molecular complexity index is 463. The zero-order chi connectivity index (χ0) is 14.6. The highest BCUT2D eigenvalue weighted by Crippen LogP contribution is 2.22. The van der Waals surface area contributed by atoms with Crippen molar-refractivity contribution in [3.63, 3.8) is 0 Å². The highest BCUT2D eigenvalue weighted by molar-refractivity contribution is 5.53. The zero-order valence-electron chi connectivity index (χ0n) is 10.8. The fourth-order valence-electron chi connectivity index (χ4n) is 1.50. The van der Waals surface area contributed by atoms with Gasteiger partial charge in [-0.05, 0) is 0 Å². The number of anilines is 2. The summed E-state index contributed by atoms with van der Waals surface area (Å²) in [7, 11) is 1.64. The van der Waals surface area contributed by atoms with Crippen LogP contribution < -0.4 is 10.6 Å². The van der Waals surface area contributed by atoms with E-state index in [1.54, 1.807) is 18.9 Å². The molecule has 0 radical (unpaired) electrons. The predicted molar refractivity (Wildman–Crippen MR) is 68.6 cm³/mol. The number of aliphatic hydroxyl groups excluding tert-OH is 2. The molecule has 0 saturated heterocycles.